The van der Waals surface area contributed by atoms with Crippen LogP contribution < -0.4 is 15.5 Å². The Balaban J connectivity index is 1.42. The van der Waals surface area contributed by atoms with Gasteiger partial charge in [-0.2, -0.15) is 0 Å². The lowest BCUT2D eigenvalue weighted by atomic mass is 10.0. The van der Waals surface area contributed by atoms with Gasteiger partial charge >= 0.3 is 6.03 Å². The summed E-state index contributed by atoms with van der Waals surface area (Å²) in [6, 6.07) is 24.0. The van der Waals surface area contributed by atoms with Crippen molar-refractivity contribution in [2.24, 2.45) is 0 Å². The third-order valence-corrected chi connectivity index (χ3v) is 5.11. The van der Waals surface area contributed by atoms with E-state index in [1.807, 2.05) is 54.6 Å². The predicted octanol–water partition coefficient (Wildman–Crippen LogP) is 4.93. The smallest absolute Gasteiger partial charge is 0.319 e. The maximum atomic E-state index is 12.6. The molecule has 0 aromatic heterocycles. The van der Waals surface area contributed by atoms with Crippen molar-refractivity contribution in [3.8, 4) is 11.1 Å². The zero-order valence-electron chi connectivity index (χ0n) is 15.6. The molecule has 0 unspecified atom stereocenters. The van der Waals surface area contributed by atoms with E-state index in [4.69, 9.17) is 11.6 Å². The van der Waals surface area contributed by atoms with Crippen molar-refractivity contribution < 1.29 is 9.59 Å². The van der Waals surface area contributed by atoms with Crippen molar-refractivity contribution in [1.82, 2.24) is 5.32 Å². The summed E-state index contributed by atoms with van der Waals surface area (Å²) in [4.78, 5) is 26.6. The Kier molecular flexibility index (Phi) is 5.49. The largest absolute Gasteiger partial charge is 0.333 e. The fraction of sp³-hybridized carbons (Fsp3) is 0.130. The molecule has 0 spiro atoms. The molecule has 3 aromatic carbocycles. The van der Waals surface area contributed by atoms with E-state index in [1.165, 1.54) is 0 Å². The fourth-order valence-electron chi connectivity index (χ4n) is 3.48. The van der Waals surface area contributed by atoms with Gasteiger partial charge in [-0.15, -0.1) is 0 Å². The second-order valence-electron chi connectivity index (χ2n) is 6.89. The number of anilines is 2. The molecule has 1 heterocycles. The van der Waals surface area contributed by atoms with E-state index < -0.39 is 0 Å². The average Bonchev–Trinajstić information content (AvgIpc) is 3.09. The molecule has 1 saturated heterocycles. The molecule has 1 atom stereocenters. The lowest BCUT2D eigenvalue weighted by Crippen LogP contribution is -2.39. The highest BCUT2D eigenvalue weighted by molar-refractivity contribution is 6.30. The molecule has 29 heavy (non-hydrogen) atoms. The number of rotatable bonds is 4. The molecule has 5 nitrogen and oxygen atoms in total. The van der Waals surface area contributed by atoms with Gasteiger partial charge in [0.05, 0.1) is 11.7 Å². The number of amides is 3. The molecule has 4 rings (SSSR count). The number of hydrogen-bond acceptors (Lipinski definition) is 2. The average molecular weight is 406 g/mol. The first-order valence-corrected chi connectivity index (χ1v) is 9.76. The second kappa shape index (κ2) is 8.37. The highest BCUT2D eigenvalue weighted by Gasteiger charge is 2.31. The molecule has 2 N–H and O–H groups in total. The minimum atomic E-state index is -0.330. The van der Waals surface area contributed by atoms with Crippen molar-refractivity contribution in [3.05, 3.63) is 83.9 Å². The molecular weight excluding hydrogens is 386 g/mol. The number of urea groups is 1. The van der Waals surface area contributed by atoms with Gasteiger partial charge in [0.1, 0.15) is 0 Å². The first kappa shape index (κ1) is 19.0. The van der Waals surface area contributed by atoms with Crippen LogP contribution in [0.5, 0.6) is 0 Å². The first-order valence-electron chi connectivity index (χ1n) is 9.38. The number of benzene rings is 3. The van der Waals surface area contributed by atoms with Crippen LogP contribution in [0.1, 0.15) is 6.42 Å². The molecule has 1 aliphatic rings. The van der Waals surface area contributed by atoms with Crippen LogP contribution in [-0.2, 0) is 4.79 Å². The minimum Gasteiger partial charge on any atom is -0.333 e. The maximum absolute atomic E-state index is 12.6. The number of carbonyl (C=O) groups is 2. The van der Waals surface area contributed by atoms with Gasteiger partial charge in [0, 0.05) is 29.2 Å². The fourth-order valence-corrected chi connectivity index (χ4v) is 3.61. The lowest BCUT2D eigenvalue weighted by Gasteiger charge is -2.18. The van der Waals surface area contributed by atoms with Crippen LogP contribution in [0.2, 0.25) is 5.02 Å². The maximum Gasteiger partial charge on any atom is 0.319 e. The predicted molar refractivity (Wildman–Crippen MR) is 116 cm³/mol. The Morgan fingerprint density at radius 3 is 2.38 bits per heavy atom. The van der Waals surface area contributed by atoms with Crippen molar-refractivity contribution in [2.45, 2.75) is 12.5 Å². The number of carbonyl (C=O) groups excluding carboxylic acids is 2. The molecule has 3 aromatic rings. The monoisotopic (exact) mass is 405 g/mol. The Bertz CT molecular complexity index is 1020. The molecule has 0 bridgehead atoms. The molecular formula is C23H20ClN3O2. The van der Waals surface area contributed by atoms with Crippen LogP contribution in [0.25, 0.3) is 11.1 Å². The molecule has 6 heteroatoms. The topological polar surface area (TPSA) is 61.4 Å². The van der Waals surface area contributed by atoms with Gasteiger partial charge in [0.25, 0.3) is 0 Å². The van der Waals surface area contributed by atoms with Crippen LogP contribution in [-0.4, -0.2) is 24.5 Å². The summed E-state index contributed by atoms with van der Waals surface area (Å²) < 4.78 is 0. The number of para-hydroxylation sites is 1. The second-order valence-corrected chi connectivity index (χ2v) is 7.33. The minimum absolute atomic E-state index is 0.0256. The Labute approximate surface area is 174 Å². The summed E-state index contributed by atoms with van der Waals surface area (Å²) in [5, 5.41) is 6.44. The third kappa shape index (κ3) is 4.41. The van der Waals surface area contributed by atoms with E-state index in [-0.39, 0.29) is 24.4 Å². The summed E-state index contributed by atoms with van der Waals surface area (Å²) in [5.41, 5.74) is 3.45. The summed E-state index contributed by atoms with van der Waals surface area (Å²) in [7, 11) is 0. The van der Waals surface area contributed by atoms with E-state index in [2.05, 4.69) is 10.6 Å². The van der Waals surface area contributed by atoms with Gasteiger partial charge in [0.15, 0.2) is 0 Å². The van der Waals surface area contributed by atoms with Crippen LogP contribution in [0.4, 0.5) is 16.2 Å². The number of hydrogen-bond donors (Lipinski definition) is 2. The highest BCUT2D eigenvalue weighted by atomic mass is 35.5. The van der Waals surface area contributed by atoms with Crippen molar-refractivity contribution in [2.75, 3.05) is 16.8 Å². The summed E-state index contributed by atoms with van der Waals surface area (Å²) in [5.74, 6) is -0.0256. The zero-order valence-corrected chi connectivity index (χ0v) is 16.4. The van der Waals surface area contributed by atoms with Crippen LogP contribution >= 0.6 is 11.6 Å². The van der Waals surface area contributed by atoms with Crippen molar-refractivity contribution >= 4 is 34.9 Å². The van der Waals surface area contributed by atoms with Gasteiger partial charge in [-0.1, -0.05) is 60.1 Å². The van der Waals surface area contributed by atoms with Crippen molar-refractivity contribution in [1.29, 1.82) is 0 Å². The Morgan fingerprint density at radius 1 is 0.931 bits per heavy atom. The quantitative estimate of drug-likeness (QED) is 0.646. The highest BCUT2D eigenvalue weighted by Crippen LogP contribution is 2.28. The van der Waals surface area contributed by atoms with E-state index in [9.17, 15) is 9.59 Å². The Hall–Kier alpha value is -3.31. The Morgan fingerprint density at radius 2 is 1.62 bits per heavy atom. The van der Waals surface area contributed by atoms with E-state index >= 15 is 0 Å². The van der Waals surface area contributed by atoms with Gasteiger partial charge < -0.3 is 15.5 Å². The molecule has 1 aliphatic heterocycles. The normalized spacial score (nSPS) is 16.0. The lowest BCUT2D eigenvalue weighted by molar-refractivity contribution is -0.117. The molecule has 1 fully saturated rings. The van der Waals surface area contributed by atoms with E-state index in [0.717, 1.165) is 22.5 Å². The first-order chi connectivity index (χ1) is 14.1. The molecule has 0 radical (unpaired) electrons. The molecule has 3 amide bonds. The number of nitrogens with one attached hydrogen (secondary N) is 2. The number of halogens is 1. The zero-order chi connectivity index (χ0) is 20.2. The van der Waals surface area contributed by atoms with Gasteiger partial charge in [-0.05, 0) is 35.9 Å². The molecule has 0 aliphatic carbocycles. The summed E-state index contributed by atoms with van der Waals surface area (Å²) >= 11 is 5.92. The van der Waals surface area contributed by atoms with Gasteiger partial charge in [-0.3, -0.25) is 4.79 Å². The third-order valence-electron chi connectivity index (χ3n) is 4.86. The molecule has 146 valence electrons. The summed E-state index contributed by atoms with van der Waals surface area (Å²) in [6.45, 7) is 0.425. The van der Waals surface area contributed by atoms with E-state index in [1.54, 1.807) is 29.2 Å². The van der Waals surface area contributed by atoms with Crippen molar-refractivity contribution in [3.63, 3.8) is 0 Å². The number of nitrogens with zero attached hydrogens (tertiary/aromatic N) is 1. The van der Waals surface area contributed by atoms with Crippen LogP contribution in [0.15, 0.2) is 78.9 Å². The standard InChI is InChI=1S/C23H20ClN3O2/c24-17-10-12-19(13-11-17)27-15-18(14-22(27)28)25-23(29)26-21-9-5-4-8-20(21)16-6-2-1-3-7-16/h1-13,18H,14-15H2,(H2,25,26,29)/t18-/m1/s1. The van der Waals surface area contributed by atoms with Gasteiger partial charge in [-0.25, -0.2) is 4.79 Å². The van der Waals surface area contributed by atoms with E-state index in [0.29, 0.717) is 11.6 Å². The van der Waals surface area contributed by atoms with Gasteiger partial charge in [0.2, 0.25) is 5.91 Å². The molecule has 0 saturated carbocycles. The summed E-state index contributed by atoms with van der Waals surface area (Å²) in [6.07, 6.45) is 0.260. The van der Waals surface area contributed by atoms with Crippen LogP contribution in [0, 0.1) is 0 Å². The SMILES string of the molecule is O=C(Nc1ccccc1-c1ccccc1)N[C@@H]1CC(=O)N(c2ccc(Cl)cc2)C1. The van der Waals surface area contributed by atoms with Crippen LogP contribution in [0.3, 0.4) is 0 Å².